The van der Waals surface area contributed by atoms with Crippen molar-refractivity contribution in [2.75, 3.05) is 6.61 Å². The van der Waals surface area contributed by atoms with Crippen LogP contribution in [-0.4, -0.2) is 6.61 Å². The molecule has 0 heterocycles. The molecule has 0 aromatic heterocycles. The molecule has 13 heavy (non-hydrogen) atoms. The maximum Gasteiger partial charge on any atom is 0.138 e. The van der Waals surface area contributed by atoms with Crippen LogP contribution in [0.3, 0.4) is 0 Å². The van der Waals surface area contributed by atoms with E-state index in [1.165, 1.54) is 0 Å². The highest BCUT2D eigenvalue weighted by atomic mass is 35.5. The zero-order chi connectivity index (χ0) is 9.84. The van der Waals surface area contributed by atoms with Crippen molar-refractivity contribution in [2.45, 2.75) is 13.8 Å². The van der Waals surface area contributed by atoms with Crippen molar-refractivity contribution in [2.24, 2.45) is 5.92 Å². The monoisotopic (exact) mass is 217 g/mol. The number of rotatable bonds is 3. The van der Waals surface area contributed by atoms with Gasteiger partial charge in [-0.25, -0.2) is 0 Å². The molecule has 3 heteroatoms. The van der Waals surface area contributed by atoms with Crippen LogP contribution in [0, 0.1) is 12.0 Å². The first-order valence-electron chi connectivity index (χ1n) is 4.09. The molecule has 0 saturated heterocycles. The average Bonchev–Trinajstić information content (AvgIpc) is 2.02. The molecule has 0 aliphatic rings. The molecule has 0 aliphatic heterocycles. The van der Waals surface area contributed by atoms with Gasteiger partial charge in [0, 0.05) is 6.07 Å². The van der Waals surface area contributed by atoms with E-state index in [1.807, 2.05) is 0 Å². The molecule has 0 atom stereocenters. The number of benzene rings is 1. The Hall–Kier alpha value is -0.400. The van der Waals surface area contributed by atoms with Crippen molar-refractivity contribution >= 4 is 23.2 Å². The second kappa shape index (κ2) is 4.73. The first-order chi connectivity index (χ1) is 6.09. The fourth-order valence-electron chi connectivity index (χ4n) is 0.795. The molecular weight excluding hydrogens is 207 g/mol. The molecule has 1 radical (unpaired) electrons. The second-order valence-corrected chi connectivity index (χ2v) is 4.01. The van der Waals surface area contributed by atoms with Crippen LogP contribution >= 0.6 is 23.2 Å². The van der Waals surface area contributed by atoms with Crippen molar-refractivity contribution < 1.29 is 4.74 Å². The van der Waals surface area contributed by atoms with Gasteiger partial charge in [0.25, 0.3) is 0 Å². The zero-order valence-corrected chi connectivity index (χ0v) is 9.12. The maximum absolute atomic E-state index is 5.88. The molecule has 1 aromatic rings. The summed E-state index contributed by atoms with van der Waals surface area (Å²) < 4.78 is 5.43. The molecule has 0 aliphatic carbocycles. The van der Waals surface area contributed by atoms with Crippen LogP contribution in [0.25, 0.3) is 0 Å². The normalized spacial score (nSPS) is 10.5. The molecule has 0 fully saturated rings. The summed E-state index contributed by atoms with van der Waals surface area (Å²) in [6.07, 6.45) is 0. The molecule has 1 aromatic carbocycles. The first kappa shape index (κ1) is 10.7. The van der Waals surface area contributed by atoms with Crippen LogP contribution in [0.1, 0.15) is 13.8 Å². The smallest absolute Gasteiger partial charge is 0.138 e. The molecule has 0 unspecified atom stereocenters. The van der Waals surface area contributed by atoms with E-state index in [0.717, 1.165) is 0 Å². The molecular formula is C10H11Cl2O. The summed E-state index contributed by atoms with van der Waals surface area (Å²) in [6.45, 7) is 4.80. The van der Waals surface area contributed by atoms with Crippen LogP contribution in [0.5, 0.6) is 5.75 Å². The average molecular weight is 218 g/mol. The van der Waals surface area contributed by atoms with Crippen LogP contribution in [0.4, 0.5) is 0 Å². The lowest BCUT2D eigenvalue weighted by Gasteiger charge is -2.09. The third kappa shape index (κ3) is 3.45. The topological polar surface area (TPSA) is 9.23 Å². The maximum atomic E-state index is 5.88. The van der Waals surface area contributed by atoms with Gasteiger partial charge in [-0.05, 0) is 18.1 Å². The minimum absolute atomic E-state index is 0.478. The van der Waals surface area contributed by atoms with E-state index in [9.17, 15) is 0 Å². The lowest BCUT2D eigenvalue weighted by molar-refractivity contribution is 0.271. The van der Waals surface area contributed by atoms with Gasteiger partial charge in [0.15, 0.2) is 0 Å². The van der Waals surface area contributed by atoms with Crippen LogP contribution in [0.2, 0.25) is 10.0 Å². The third-order valence-electron chi connectivity index (χ3n) is 1.40. The third-order valence-corrected chi connectivity index (χ3v) is 1.92. The van der Waals surface area contributed by atoms with Gasteiger partial charge in [-0.15, -0.1) is 0 Å². The van der Waals surface area contributed by atoms with Gasteiger partial charge in [0.2, 0.25) is 0 Å². The molecule has 71 valence electrons. The highest BCUT2D eigenvalue weighted by molar-refractivity contribution is 6.35. The van der Waals surface area contributed by atoms with Crippen molar-refractivity contribution in [1.82, 2.24) is 0 Å². The molecule has 0 amide bonds. The molecule has 1 nitrogen and oxygen atoms in total. The number of halogens is 2. The lowest BCUT2D eigenvalue weighted by atomic mass is 10.2. The van der Waals surface area contributed by atoms with Crippen molar-refractivity contribution in [3.8, 4) is 5.75 Å². The summed E-state index contributed by atoms with van der Waals surface area (Å²) in [6, 6.07) is 6.10. The van der Waals surface area contributed by atoms with Gasteiger partial charge in [0.1, 0.15) is 5.75 Å². The van der Waals surface area contributed by atoms with Crippen LogP contribution < -0.4 is 4.74 Å². The summed E-state index contributed by atoms with van der Waals surface area (Å²) in [5.41, 5.74) is 0. The summed E-state index contributed by atoms with van der Waals surface area (Å²) in [5, 5.41) is 1.03. The Morgan fingerprint density at radius 3 is 2.69 bits per heavy atom. The van der Waals surface area contributed by atoms with Gasteiger partial charge >= 0.3 is 0 Å². The van der Waals surface area contributed by atoms with E-state index in [4.69, 9.17) is 27.9 Å². The summed E-state index contributed by atoms with van der Waals surface area (Å²) in [5.74, 6) is 1.12. The molecule has 0 saturated carbocycles. The van der Waals surface area contributed by atoms with Crippen LogP contribution in [-0.2, 0) is 0 Å². The van der Waals surface area contributed by atoms with Crippen molar-refractivity contribution in [1.29, 1.82) is 0 Å². The summed E-state index contributed by atoms with van der Waals surface area (Å²) >= 11 is 11.6. The molecule has 0 spiro atoms. The number of hydrogen-bond donors (Lipinski definition) is 0. The predicted octanol–water partition coefficient (Wildman–Crippen LogP) is 3.83. The van der Waals surface area contributed by atoms with E-state index in [-0.39, 0.29) is 0 Å². The standard InChI is InChI=1S/C10H11Cl2O/c1-7(2)6-13-10-4-3-8(11)5-9(10)12/h4-5,7H,6H2,1-2H3. The number of ether oxygens (including phenoxy) is 1. The fourth-order valence-corrected chi connectivity index (χ4v) is 1.23. The molecule has 0 bridgehead atoms. The van der Waals surface area contributed by atoms with Crippen LogP contribution in [0.15, 0.2) is 12.1 Å². The Morgan fingerprint density at radius 2 is 2.15 bits per heavy atom. The van der Waals surface area contributed by atoms with Crippen molar-refractivity contribution in [3.63, 3.8) is 0 Å². The van der Waals surface area contributed by atoms with Gasteiger partial charge in [-0.1, -0.05) is 37.0 Å². The van der Waals surface area contributed by atoms with E-state index in [0.29, 0.717) is 28.3 Å². The van der Waals surface area contributed by atoms with E-state index < -0.39 is 0 Å². The van der Waals surface area contributed by atoms with Crippen molar-refractivity contribution in [3.05, 3.63) is 28.2 Å². The number of hydrogen-bond acceptors (Lipinski definition) is 1. The minimum atomic E-state index is 0.478. The largest absolute Gasteiger partial charge is 0.492 e. The Labute approximate surface area is 88.6 Å². The highest BCUT2D eigenvalue weighted by Crippen LogP contribution is 2.27. The molecule has 1 rings (SSSR count). The SMILES string of the molecule is CC(C)COc1c[c]c(Cl)cc1Cl. The lowest BCUT2D eigenvalue weighted by Crippen LogP contribution is -2.04. The first-order valence-corrected chi connectivity index (χ1v) is 4.84. The van der Waals surface area contributed by atoms with E-state index in [1.54, 1.807) is 12.1 Å². The molecule has 0 N–H and O–H groups in total. The minimum Gasteiger partial charge on any atom is -0.492 e. The highest BCUT2D eigenvalue weighted by Gasteiger charge is 2.03. The summed E-state index contributed by atoms with van der Waals surface area (Å²) in [4.78, 5) is 0. The van der Waals surface area contributed by atoms with Gasteiger partial charge < -0.3 is 4.74 Å². The predicted molar refractivity (Wildman–Crippen MR) is 55.6 cm³/mol. The summed E-state index contributed by atoms with van der Waals surface area (Å²) in [7, 11) is 0. The quantitative estimate of drug-likeness (QED) is 0.749. The Morgan fingerprint density at radius 1 is 1.46 bits per heavy atom. The second-order valence-electron chi connectivity index (χ2n) is 3.20. The van der Waals surface area contributed by atoms with Gasteiger partial charge in [-0.3, -0.25) is 0 Å². The van der Waals surface area contributed by atoms with Gasteiger partial charge in [0.05, 0.1) is 16.7 Å². The Kier molecular flexibility index (Phi) is 3.89. The zero-order valence-electron chi connectivity index (χ0n) is 7.60. The van der Waals surface area contributed by atoms with E-state index in [2.05, 4.69) is 19.9 Å². The Bertz CT molecular complexity index is 284. The van der Waals surface area contributed by atoms with E-state index >= 15 is 0 Å². The Balaban J connectivity index is 2.67. The van der Waals surface area contributed by atoms with Gasteiger partial charge in [-0.2, -0.15) is 0 Å². The fraction of sp³-hybridized carbons (Fsp3) is 0.400.